The Morgan fingerprint density at radius 3 is 2.81 bits per heavy atom. The van der Waals surface area contributed by atoms with Crippen LogP contribution in [0.4, 0.5) is 5.69 Å². The highest BCUT2D eigenvalue weighted by atomic mass is 16.2. The fourth-order valence-corrected chi connectivity index (χ4v) is 3.03. The number of aromatic nitrogens is 4. The first-order valence-corrected chi connectivity index (χ1v) is 9.12. The van der Waals surface area contributed by atoms with Crippen molar-refractivity contribution >= 4 is 17.5 Å². The molecule has 1 fully saturated rings. The van der Waals surface area contributed by atoms with Gasteiger partial charge in [0.05, 0.1) is 6.54 Å². The average molecular weight is 371 g/mol. The Labute approximate surface area is 158 Å². The quantitative estimate of drug-likeness (QED) is 0.835. The van der Waals surface area contributed by atoms with Crippen LogP contribution in [0, 0.1) is 6.92 Å². The number of likely N-dealkylation sites (N-methyl/N-ethyl adjacent to an activating group) is 1. The Morgan fingerprint density at radius 2 is 2.04 bits per heavy atom. The summed E-state index contributed by atoms with van der Waals surface area (Å²) in [5, 5.41) is 13.7. The van der Waals surface area contributed by atoms with Crippen molar-refractivity contribution in [3.05, 3.63) is 35.7 Å². The summed E-state index contributed by atoms with van der Waals surface area (Å²) in [7, 11) is 2.07. The molecule has 1 aromatic carbocycles. The molecule has 0 saturated carbocycles. The summed E-state index contributed by atoms with van der Waals surface area (Å²) < 4.78 is 1.50. The number of aryl methyl sites for hydroxylation is 2. The number of rotatable bonds is 5. The lowest BCUT2D eigenvalue weighted by Crippen LogP contribution is -2.34. The fraction of sp³-hybridized carbons (Fsp3) is 0.500. The molecule has 0 spiro atoms. The topological polar surface area (TPSA) is 96.2 Å². The van der Waals surface area contributed by atoms with Gasteiger partial charge in [0.2, 0.25) is 5.91 Å². The van der Waals surface area contributed by atoms with Crippen LogP contribution >= 0.6 is 0 Å². The summed E-state index contributed by atoms with van der Waals surface area (Å²) in [6.07, 6.45) is 2.69. The molecular weight excluding hydrogens is 346 g/mol. The lowest BCUT2D eigenvalue weighted by molar-refractivity contribution is -0.116. The molecule has 9 heteroatoms. The fourth-order valence-electron chi connectivity index (χ4n) is 3.03. The van der Waals surface area contributed by atoms with E-state index in [9.17, 15) is 9.59 Å². The Balaban J connectivity index is 1.64. The number of nitrogens with one attached hydrogen (secondary N) is 1. The first-order valence-electron chi connectivity index (χ1n) is 9.12. The smallest absolute Gasteiger partial charge is 0.253 e. The van der Waals surface area contributed by atoms with Gasteiger partial charge in [-0.1, -0.05) is 6.07 Å². The minimum Gasteiger partial charge on any atom is -0.337 e. The predicted molar refractivity (Wildman–Crippen MR) is 100 cm³/mol. The van der Waals surface area contributed by atoms with Gasteiger partial charge in [-0.15, -0.1) is 5.10 Å². The molecule has 0 atom stereocenters. The number of nitrogens with zero attached hydrogens (tertiary/aromatic N) is 6. The normalized spacial score (nSPS) is 15.4. The molecule has 1 saturated heterocycles. The molecule has 2 heterocycles. The van der Waals surface area contributed by atoms with Crippen LogP contribution in [0.1, 0.15) is 28.8 Å². The van der Waals surface area contributed by atoms with E-state index in [1.807, 2.05) is 24.0 Å². The number of anilines is 1. The lowest BCUT2D eigenvalue weighted by Gasteiger charge is -2.21. The molecular formula is C18H25N7O2. The molecule has 9 nitrogen and oxygen atoms in total. The molecule has 2 amide bonds. The van der Waals surface area contributed by atoms with Gasteiger partial charge in [-0.2, -0.15) is 0 Å². The van der Waals surface area contributed by atoms with Gasteiger partial charge in [-0.3, -0.25) is 9.59 Å². The zero-order valence-corrected chi connectivity index (χ0v) is 15.8. The van der Waals surface area contributed by atoms with E-state index >= 15 is 0 Å². The van der Waals surface area contributed by atoms with Crippen LogP contribution in [0.5, 0.6) is 0 Å². The van der Waals surface area contributed by atoms with E-state index in [0.29, 0.717) is 17.8 Å². The molecule has 2 aromatic rings. The third-order valence-electron chi connectivity index (χ3n) is 4.72. The van der Waals surface area contributed by atoms with Crippen molar-refractivity contribution in [1.82, 2.24) is 30.0 Å². The second-order valence-electron chi connectivity index (χ2n) is 6.85. The number of tetrazole rings is 1. The number of hydrogen-bond donors (Lipinski definition) is 1. The standard InChI is InChI=1S/C18H25N7O2/c1-14-4-5-15(18(27)24-8-3-7-23(2)10-11-24)12-16(14)20-17(26)6-9-25-13-19-21-22-25/h4-5,12-13H,3,6-11H2,1-2H3,(H,20,26). The second kappa shape index (κ2) is 8.72. The highest BCUT2D eigenvalue weighted by Gasteiger charge is 2.19. The molecule has 1 aliphatic rings. The van der Waals surface area contributed by atoms with Gasteiger partial charge >= 0.3 is 0 Å². The van der Waals surface area contributed by atoms with Crippen LogP contribution in [0.25, 0.3) is 0 Å². The molecule has 0 aliphatic carbocycles. The van der Waals surface area contributed by atoms with E-state index in [4.69, 9.17) is 0 Å². The minimum atomic E-state index is -0.144. The third kappa shape index (κ3) is 5.10. The Kier molecular flexibility index (Phi) is 6.12. The van der Waals surface area contributed by atoms with Gasteiger partial charge in [-0.25, -0.2) is 4.68 Å². The third-order valence-corrected chi connectivity index (χ3v) is 4.72. The molecule has 1 N–H and O–H groups in total. The highest BCUT2D eigenvalue weighted by Crippen LogP contribution is 2.19. The SMILES string of the molecule is Cc1ccc(C(=O)N2CCCN(C)CC2)cc1NC(=O)CCn1cnnn1. The van der Waals surface area contributed by atoms with Gasteiger partial charge in [0.25, 0.3) is 5.91 Å². The molecule has 0 bridgehead atoms. The van der Waals surface area contributed by atoms with E-state index in [-0.39, 0.29) is 18.2 Å². The lowest BCUT2D eigenvalue weighted by atomic mass is 10.1. The maximum atomic E-state index is 12.9. The summed E-state index contributed by atoms with van der Waals surface area (Å²) in [6.45, 7) is 5.66. The number of benzene rings is 1. The zero-order chi connectivity index (χ0) is 19.2. The van der Waals surface area contributed by atoms with Gasteiger partial charge in [0.1, 0.15) is 6.33 Å². The molecule has 144 valence electrons. The van der Waals surface area contributed by atoms with Gasteiger partial charge in [0, 0.05) is 37.3 Å². The van der Waals surface area contributed by atoms with Crippen molar-refractivity contribution in [3.63, 3.8) is 0 Å². The number of hydrogen-bond acceptors (Lipinski definition) is 6. The van der Waals surface area contributed by atoms with Crippen LogP contribution in [0.15, 0.2) is 24.5 Å². The largest absolute Gasteiger partial charge is 0.337 e. The molecule has 3 rings (SSSR count). The number of amides is 2. The van der Waals surface area contributed by atoms with Crippen molar-refractivity contribution < 1.29 is 9.59 Å². The highest BCUT2D eigenvalue weighted by molar-refractivity contribution is 5.97. The molecule has 0 unspecified atom stereocenters. The Morgan fingerprint density at radius 1 is 1.19 bits per heavy atom. The van der Waals surface area contributed by atoms with Gasteiger partial charge < -0.3 is 15.1 Å². The minimum absolute atomic E-state index is 0.00879. The van der Waals surface area contributed by atoms with Crippen molar-refractivity contribution in [2.75, 3.05) is 38.5 Å². The van der Waals surface area contributed by atoms with Crippen molar-refractivity contribution in [2.45, 2.75) is 26.3 Å². The predicted octanol–water partition coefficient (Wildman–Crippen LogP) is 0.788. The monoisotopic (exact) mass is 371 g/mol. The van der Waals surface area contributed by atoms with Crippen molar-refractivity contribution in [3.8, 4) is 0 Å². The van der Waals surface area contributed by atoms with Crippen LogP contribution < -0.4 is 5.32 Å². The molecule has 0 radical (unpaired) electrons. The van der Waals surface area contributed by atoms with E-state index in [1.54, 1.807) is 6.07 Å². The van der Waals surface area contributed by atoms with E-state index < -0.39 is 0 Å². The van der Waals surface area contributed by atoms with Crippen LogP contribution in [-0.4, -0.2) is 75.0 Å². The molecule has 27 heavy (non-hydrogen) atoms. The maximum Gasteiger partial charge on any atom is 0.253 e. The van der Waals surface area contributed by atoms with Crippen molar-refractivity contribution in [2.24, 2.45) is 0 Å². The number of carbonyl (C=O) groups excluding carboxylic acids is 2. The first-order chi connectivity index (χ1) is 13.0. The van der Waals surface area contributed by atoms with E-state index in [1.165, 1.54) is 11.0 Å². The summed E-state index contributed by atoms with van der Waals surface area (Å²) >= 11 is 0. The Bertz CT molecular complexity index is 791. The van der Waals surface area contributed by atoms with E-state index in [0.717, 1.165) is 38.2 Å². The average Bonchev–Trinajstić information content (AvgIpc) is 3.08. The maximum absolute atomic E-state index is 12.9. The Hall–Kier alpha value is -2.81. The van der Waals surface area contributed by atoms with Crippen molar-refractivity contribution in [1.29, 1.82) is 0 Å². The van der Waals surface area contributed by atoms with Crippen LogP contribution in [-0.2, 0) is 11.3 Å². The zero-order valence-electron chi connectivity index (χ0n) is 15.8. The van der Waals surface area contributed by atoms with Crippen LogP contribution in [0.2, 0.25) is 0 Å². The van der Waals surface area contributed by atoms with Gasteiger partial charge in [0.15, 0.2) is 0 Å². The number of carbonyl (C=O) groups is 2. The molecule has 1 aliphatic heterocycles. The molecule has 1 aromatic heterocycles. The summed E-state index contributed by atoms with van der Waals surface area (Å²) in [5.74, 6) is -0.135. The second-order valence-corrected chi connectivity index (χ2v) is 6.85. The first kappa shape index (κ1) is 19.0. The summed E-state index contributed by atoms with van der Waals surface area (Å²) in [5.41, 5.74) is 2.17. The van der Waals surface area contributed by atoms with Gasteiger partial charge in [-0.05, 0) is 55.1 Å². The van der Waals surface area contributed by atoms with E-state index in [2.05, 4.69) is 32.8 Å². The summed E-state index contributed by atoms with van der Waals surface area (Å²) in [6, 6.07) is 5.46. The summed E-state index contributed by atoms with van der Waals surface area (Å²) in [4.78, 5) is 29.2. The van der Waals surface area contributed by atoms with Crippen LogP contribution in [0.3, 0.4) is 0 Å².